The number of carbonyl (C=O) groups excluding carboxylic acids is 1. The summed E-state index contributed by atoms with van der Waals surface area (Å²) in [6.07, 6.45) is 0. The van der Waals surface area contributed by atoms with E-state index in [2.05, 4.69) is 4.74 Å². The largest absolute Gasteiger partial charge is 0.497 e. The van der Waals surface area contributed by atoms with Crippen LogP contribution in [0.3, 0.4) is 0 Å². The number of Topliss-reactive ketones (excluding diaryl/α,β-unsaturated/α-hetero) is 1. The number of ether oxygens (including phenoxy) is 1. The van der Waals surface area contributed by atoms with Crippen molar-refractivity contribution in [2.75, 3.05) is 7.11 Å². The highest BCUT2D eigenvalue weighted by Gasteiger charge is 2.65. The summed E-state index contributed by atoms with van der Waals surface area (Å²) in [6.45, 7) is 0.976. The van der Waals surface area contributed by atoms with Crippen molar-refractivity contribution in [2.24, 2.45) is 0 Å². The molecule has 0 aliphatic carbocycles. The molecule has 0 aliphatic heterocycles. The van der Waals surface area contributed by atoms with E-state index in [1.54, 1.807) is 0 Å². The average Bonchev–Trinajstić information content (AvgIpc) is 2.13. The van der Waals surface area contributed by atoms with Crippen LogP contribution in [0.15, 0.2) is 23.1 Å². The lowest BCUT2D eigenvalue weighted by Crippen LogP contribution is -2.08. The highest BCUT2D eigenvalue weighted by atomic mass is 32.5. The summed E-state index contributed by atoms with van der Waals surface area (Å²) < 4.78 is 67.2. The van der Waals surface area contributed by atoms with Crippen LogP contribution >= 0.6 is 10.2 Å². The Bertz CT molecular complexity index is 479. The average molecular weight is 276 g/mol. The van der Waals surface area contributed by atoms with Crippen LogP contribution in [0.4, 0.5) is 19.4 Å². The predicted molar refractivity (Wildman–Crippen MR) is 54.4 cm³/mol. The van der Waals surface area contributed by atoms with E-state index in [0.717, 1.165) is 20.1 Å². The minimum atomic E-state index is -9.80. The first-order valence-corrected chi connectivity index (χ1v) is 6.23. The van der Waals surface area contributed by atoms with Crippen LogP contribution in [0.1, 0.15) is 17.3 Å². The second kappa shape index (κ2) is 3.12. The van der Waals surface area contributed by atoms with Gasteiger partial charge in [0, 0.05) is 11.6 Å². The van der Waals surface area contributed by atoms with Gasteiger partial charge < -0.3 is 4.74 Å². The highest BCUT2D eigenvalue weighted by Crippen LogP contribution is 3.02. The van der Waals surface area contributed by atoms with Crippen molar-refractivity contribution in [1.29, 1.82) is 0 Å². The van der Waals surface area contributed by atoms with Gasteiger partial charge in [0.1, 0.15) is 10.6 Å². The number of carbonyl (C=O) groups is 1. The van der Waals surface area contributed by atoms with Crippen LogP contribution in [0.25, 0.3) is 0 Å². The molecule has 8 heteroatoms. The van der Waals surface area contributed by atoms with E-state index in [4.69, 9.17) is 0 Å². The van der Waals surface area contributed by atoms with Gasteiger partial charge in [0.15, 0.2) is 5.78 Å². The van der Waals surface area contributed by atoms with Gasteiger partial charge in [-0.3, -0.25) is 4.79 Å². The number of halogens is 5. The summed E-state index contributed by atoms with van der Waals surface area (Å²) in [6, 6.07) is 1.27. The first-order valence-electron chi connectivity index (χ1n) is 4.27. The third-order valence-corrected chi connectivity index (χ3v) is 3.09. The third kappa shape index (κ3) is 3.32. The van der Waals surface area contributed by atoms with Crippen LogP contribution in [0, 0.1) is 0 Å². The third-order valence-electron chi connectivity index (χ3n) is 1.97. The van der Waals surface area contributed by atoms with Gasteiger partial charge in [0.05, 0.1) is 7.11 Å². The van der Waals surface area contributed by atoms with E-state index in [1.807, 2.05) is 0 Å². The fourth-order valence-corrected chi connectivity index (χ4v) is 1.80. The quantitative estimate of drug-likeness (QED) is 0.597. The molecule has 98 valence electrons. The topological polar surface area (TPSA) is 26.3 Å². The monoisotopic (exact) mass is 276 g/mol. The maximum Gasteiger partial charge on any atom is 0.310 e. The number of methoxy groups -OCH3 is 1. The zero-order valence-electron chi connectivity index (χ0n) is 8.85. The van der Waals surface area contributed by atoms with Crippen LogP contribution < -0.4 is 4.74 Å². The number of ketones is 1. The van der Waals surface area contributed by atoms with Gasteiger partial charge in [0.2, 0.25) is 0 Å². The minimum absolute atomic E-state index is 0.131. The van der Waals surface area contributed by atoms with Gasteiger partial charge in [0.25, 0.3) is 0 Å². The molecule has 1 aromatic carbocycles. The predicted octanol–water partition coefficient (Wildman–Crippen LogP) is 4.56. The van der Waals surface area contributed by atoms with Gasteiger partial charge in [-0.2, -0.15) is 0 Å². The molecule has 0 aromatic heterocycles. The van der Waals surface area contributed by atoms with Gasteiger partial charge in [-0.1, -0.05) is 19.4 Å². The molecule has 0 atom stereocenters. The molecular formula is C9H9F5O2S. The molecule has 0 heterocycles. The molecule has 0 radical (unpaired) electrons. The minimum Gasteiger partial charge on any atom is -0.497 e. The Morgan fingerprint density at radius 1 is 1.12 bits per heavy atom. The first-order chi connectivity index (χ1) is 7.33. The van der Waals surface area contributed by atoms with Crippen molar-refractivity contribution < 1.29 is 29.0 Å². The molecule has 2 nitrogen and oxygen atoms in total. The van der Waals surface area contributed by atoms with E-state index >= 15 is 0 Å². The molecule has 0 saturated carbocycles. The van der Waals surface area contributed by atoms with E-state index in [-0.39, 0.29) is 12.1 Å². The normalized spacial score (nSPS) is 15.9. The maximum absolute atomic E-state index is 12.5. The zero-order valence-corrected chi connectivity index (χ0v) is 9.66. The lowest BCUT2D eigenvalue weighted by molar-refractivity contribution is 0.101. The summed E-state index contributed by atoms with van der Waals surface area (Å²) in [7, 11) is -8.78. The second-order valence-electron chi connectivity index (χ2n) is 3.42. The zero-order chi connectivity index (χ0) is 13.5. The highest BCUT2D eigenvalue weighted by molar-refractivity contribution is 8.45. The summed E-state index contributed by atoms with van der Waals surface area (Å²) in [4.78, 5) is 8.82. The Kier molecular flexibility index (Phi) is 2.53. The molecule has 0 spiro atoms. The molecule has 17 heavy (non-hydrogen) atoms. The van der Waals surface area contributed by atoms with Crippen LogP contribution in [0.2, 0.25) is 0 Å². The summed E-state index contributed by atoms with van der Waals surface area (Å²) in [5.74, 6) is -1.20. The number of benzene rings is 1. The second-order valence-corrected chi connectivity index (χ2v) is 5.83. The Morgan fingerprint density at radius 3 is 2.00 bits per heavy atom. The molecule has 0 unspecified atom stereocenters. The van der Waals surface area contributed by atoms with Crippen LogP contribution in [-0.2, 0) is 0 Å². The van der Waals surface area contributed by atoms with Gasteiger partial charge in [-0.25, -0.2) is 0 Å². The van der Waals surface area contributed by atoms with E-state index in [1.165, 1.54) is 0 Å². The molecule has 0 amide bonds. The summed E-state index contributed by atoms with van der Waals surface area (Å²) >= 11 is 0. The van der Waals surface area contributed by atoms with E-state index in [9.17, 15) is 24.2 Å². The van der Waals surface area contributed by atoms with Gasteiger partial charge >= 0.3 is 10.2 Å². The van der Waals surface area contributed by atoms with Crippen molar-refractivity contribution in [1.82, 2.24) is 0 Å². The fraction of sp³-hybridized carbons (Fsp3) is 0.222. The van der Waals surface area contributed by atoms with Crippen molar-refractivity contribution in [2.45, 2.75) is 11.8 Å². The molecule has 0 bridgehead atoms. The molecular weight excluding hydrogens is 267 g/mol. The summed E-state index contributed by atoms with van der Waals surface area (Å²) in [5.41, 5.74) is -0.479. The standard InChI is InChI=1S/C9H9F5O2S/c1-6(15)7-3-8(16-2)5-9(4-7)17(10,11,12,13)14/h3-5H,1-2H3. The lowest BCUT2D eigenvalue weighted by atomic mass is 10.1. The van der Waals surface area contributed by atoms with E-state index < -0.39 is 32.2 Å². The Balaban J connectivity index is 3.58. The lowest BCUT2D eigenvalue weighted by Gasteiger charge is -2.40. The number of hydrogen-bond acceptors (Lipinski definition) is 2. The fourth-order valence-electron chi connectivity index (χ4n) is 1.12. The molecule has 1 aromatic rings. The number of hydrogen-bond donors (Lipinski definition) is 0. The van der Waals surface area contributed by atoms with E-state index in [0.29, 0.717) is 0 Å². The van der Waals surface area contributed by atoms with Gasteiger partial charge in [-0.05, 0) is 19.1 Å². The SMILES string of the molecule is COc1cc(C(C)=O)cc(S(F)(F)(F)(F)F)c1. The summed E-state index contributed by atoms with van der Waals surface area (Å²) in [5, 5.41) is 0. The molecule has 0 fully saturated rings. The van der Waals surface area contributed by atoms with Crippen molar-refractivity contribution in [3.05, 3.63) is 23.8 Å². The van der Waals surface area contributed by atoms with Crippen molar-refractivity contribution in [3.8, 4) is 5.75 Å². The Morgan fingerprint density at radius 2 is 1.65 bits per heavy atom. The van der Waals surface area contributed by atoms with Crippen molar-refractivity contribution >= 4 is 16.0 Å². The molecule has 0 N–H and O–H groups in total. The maximum atomic E-state index is 12.5. The first kappa shape index (κ1) is 13.8. The number of rotatable bonds is 3. The Labute approximate surface area is 94.1 Å². The Hall–Kier alpha value is -1.31. The van der Waals surface area contributed by atoms with Gasteiger partial charge in [-0.15, -0.1) is 0 Å². The molecule has 0 aliphatic rings. The van der Waals surface area contributed by atoms with Crippen molar-refractivity contribution in [3.63, 3.8) is 0 Å². The van der Waals surface area contributed by atoms with Crippen LogP contribution in [0.5, 0.6) is 5.75 Å². The molecule has 1 rings (SSSR count). The smallest absolute Gasteiger partial charge is 0.310 e. The van der Waals surface area contributed by atoms with Crippen LogP contribution in [-0.4, -0.2) is 12.9 Å². The molecule has 0 saturated heterocycles.